The lowest BCUT2D eigenvalue weighted by Crippen LogP contribution is -2.35. The van der Waals surface area contributed by atoms with Crippen molar-refractivity contribution in [3.8, 4) is 5.75 Å². The van der Waals surface area contributed by atoms with E-state index >= 15 is 0 Å². The fraction of sp³-hybridized carbons (Fsp3) is 0.346. The van der Waals surface area contributed by atoms with Crippen LogP contribution in [0.2, 0.25) is 0 Å². The van der Waals surface area contributed by atoms with Crippen LogP contribution in [0.15, 0.2) is 60.8 Å². The second-order valence-electron chi connectivity index (χ2n) is 8.21. The predicted octanol–water partition coefficient (Wildman–Crippen LogP) is 4.45. The molecule has 6 nitrogen and oxygen atoms in total. The van der Waals surface area contributed by atoms with Gasteiger partial charge in [-0.15, -0.1) is 0 Å². The number of rotatable bonds is 7. The monoisotopic (exact) mass is 430 g/mol. The van der Waals surface area contributed by atoms with Crippen LogP contribution in [0.5, 0.6) is 5.75 Å². The Kier molecular flexibility index (Phi) is 7.12. The molecule has 6 heteroatoms. The fourth-order valence-electron chi connectivity index (χ4n) is 4.25. The number of aromatic nitrogens is 2. The molecule has 0 aliphatic carbocycles. The second kappa shape index (κ2) is 10.4. The van der Waals surface area contributed by atoms with E-state index in [4.69, 9.17) is 9.72 Å². The van der Waals surface area contributed by atoms with E-state index in [0.717, 1.165) is 49.4 Å². The Morgan fingerprint density at radius 2 is 1.88 bits per heavy atom. The van der Waals surface area contributed by atoms with Gasteiger partial charge in [0.05, 0.1) is 24.4 Å². The third kappa shape index (κ3) is 5.32. The molecule has 2 heterocycles. The SMILES string of the molecule is COc1ccc(CN2CCCCC2c2nc(C)ncc2C(=O)NCc2ccccc2)cc1. The van der Waals surface area contributed by atoms with Crippen molar-refractivity contribution >= 4 is 5.91 Å². The summed E-state index contributed by atoms with van der Waals surface area (Å²) in [6, 6.07) is 18.2. The zero-order valence-corrected chi connectivity index (χ0v) is 18.8. The molecule has 0 bridgehead atoms. The van der Waals surface area contributed by atoms with Gasteiger partial charge in [0.25, 0.3) is 5.91 Å². The van der Waals surface area contributed by atoms with Crippen molar-refractivity contribution < 1.29 is 9.53 Å². The highest BCUT2D eigenvalue weighted by Crippen LogP contribution is 2.33. The van der Waals surface area contributed by atoms with Gasteiger partial charge in [-0.25, -0.2) is 9.97 Å². The first-order valence-corrected chi connectivity index (χ1v) is 11.2. The quantitative estimate of drug-likeness (QED) is 0.600. The lowest BCUT2D eigenvalue weighted by atomic mass is 9.95. The molecule has 1 atom stereocenters. The molecule has 2 aromatic carbocycles. The Balaban J connectivity index is 1.55. The highest BCUT2D eigenvalue weighted by molar-refractivity contribution is 5.95. The van der Waals surface area contributed by atoms with Crippen molar-refractivity contribution in [1.29, 1.82) is 0 Å². The maximum atomic E-state index is 13.1. The Morgan fingerprint density at radius 3 is 2.62 bits per heavy atom. The van der Waals surface area contributed by atoms with Crippen molar-refractivity contribution in [2.45, 2.75) is 45.3 Å². The van der Waals surface area contributed by atoms with Crippen LogP contribution < -0.4 is 10.1 Å². The van der Waals surface area contributed by atoms with Gasteiger partial charge in [-0.3, -0.25) is 9.69 Å². The molecule has 1 aliphatic rings. The topological polar surface area (TPSA) is 67.3 Å². The van der Waals surface area contributed by atoms with E-state index in [1.54, 1.807) is 13.3 Å². The molecule has 166 valence electrons. The van der Waals surface area contributed by atoms with E-state index in [1.807, 2.05) is 49.4 Å². The molecule has 3 aromatic rings. The molecule has 0 radical (unpaired) electrons. The number of carbonyl (C=O) groups is 1. The van der Waals surface area contributed by atoms with E-state index in [-0.39, 0.29) is 11.9 Å². The van der Waals surface area contributed by atoms with Crippen LogP contribution in [0, 0.1) is 6.92 Å². The Morgan fingerprint density at radius 1 is 1.09 bits per heavy atom. The Hall–Kier alpha value is -3.25. The van der Waals surface area contributed by atoms with Crippen LogP contribution in [0.3, 0.4) is 0 Å². The Labute approximate surface area is 189 Å². The van der Waals surface area contributed by atoms with Gasteiger partial charge in [0.1, 0.15) is 11.6 Å². The van der Waals surface area contributed by atoms with Gasteiger partial charge in [0, 0.05) is 19.3 Å². The van der Waals surface area contributed by atoms with E-state index in [9.17, 15) is 4.79 Å². The van der Waals surface area contributed by atoms with Gasteiger partial charge in [-0.05, 0) is 49.6 Å². The zero-order chi connectivity index (χ0) is 22.3. The van der Waals surface area contributed by atoms with Gasteiger partial charge in [-0.1, -0.05) is 48.9 Å². The summed E-state index contributed by atoms with van der Waals surface area (Å²) in [6.07, 6.45) is 4.92. The highest BCUT2D eigenvalue weighted by Gasteiger charge is 2.29. The smallest absolute Gasteiger partial charge is 0.255 e. The number of ether oxygens (including phenoxy) is 1. The molecule has 1 amide bonds. The maximum Gasteiger partial charge on any atom is 0.255 e. The maximum absolute atomic E-state index is 13.1. The summed E-state index contributed by atoms with van der Waals surface area (Å²) in [5.41, 5.74) is 3.68. The molecule has 1 saturated heterocycles. The minimum absolute atomic E-state index is 0.0880. The summed E-state index contributed by atoms with van der Waals surface area (Å²) >= 11 is 0. The molecule has 1 aliphatic heterocycles. The van der Waals surface area contributed by atoms with Crippen molar-refractivity contribution in [1.82, 2.24) is 20.2 Å². The first kappa shape index (κ1) is 22.0. The van der Waals surface area contributed by atoms with Crippen molar-refractivity contribution in [3.05, 3.63) is 89.0 Å². The van der Waals surface area contributed by atoms with Crippen LogP contribution in [-0.4, -0.2) is 34.4 Å². The van der Waals surface area contributed by atoms with E-state index < -0.39 is 0 Å². The molecule has 1 N–H and O–H groups in total. The number of carbonyl (C=O) groups excluding carboxylic acids is 1. The van der Waals surface area contributed by atoms with Gasteiger partial charge < -0.3 is 10.1 Å². The van der Waals surface area contributed by atoms with Crippen molar-refractivity contribution in [3.63, 3.8) is 0 Å². The average molecular weight is 431 g/mol. The second-order valence-corrected chi connectivity index (χ2v) is 8.21. The van der Waals surface area contributed by atoms with Gasteiger partial charge in [0.15, 0.2) is 0 Å². The molecular weight excluding hydrogens is 400 g/mol. The highest BCUT2D eigenvalue weighted by atomic mass is 16.5. The largest absolute Gasteiger partial charge is 0.497 e. The predicted molar refractivity (Wildman–Crippen MR) is 124 cm³/mol. The summed E-state index contributed by atoms with van der Waals surface area (Å²) in [5, 5.41) is 3.04. The van der Waals surface area contributed by atoms with Crippen LogP contribution in [-0.2, 0) is 13.1 Å². The minimum atomic E-state index is -0.126. The normalized spacial score (nSPS) is 16.5. The third-order valence-electron chi connectivity index (χ3n) is 5.95. The van der Waals surface area contributed by atoms with Crippen LogP contribution in [0.1, 0.15) is 58.3 Å². The third-order valence-corrected chi connectivity index (χ3v) is 5.95. The molecule has 1 aromatic heterocycles. The lowest BCUT2D eigenvalue weighted by Gasteiger charge is -2.36. The summed E-state index contributed by atoms with van der Waals surface area (Å²) in [5.74, 6) is 1.42. The molecule has 0 saturated carbocycles. The molecular formula is C26H30N4O2. The number of amides is 1. The molecule has 0 spiro atoms. The number of hydrogen-bond donors (Lipinski definition) is 1. The molecule has 32 heavy (non-hydrogen) atoms. The number of benzene rings is 2. The number of aryl methyl sites for hydroxylation is 1. The minimum Gasteiger partial charge on any atom is -0.497 e. The number of nitrogens with one attached hydrogen (secondary N) is 1. The zero-order valence-electron chi connectivity index (χ0n) is 18.8. The van der Waals surface area contributed by atoms with Crippen molar-refractivity contribution in [2.24, 2.45) is 0 Å². The first-order chi connectivity index (χ1) is 15.6. The summed E-state index contributed by atoms with van der Waals surface area (Å²) in [7, 11) is 1.68. The Bertz CT molecular complexity index is 1040. The summed E-state index contributed by atoms with van der Waals surface area (Å²) < 4.78 is 5.28. The van der Waals surface area contributed by atoms with Gasteiger partial charge >= 0.3 is 0 Å². The summed E-state index contributed by atoms with van der Waals surface area (Å²) in [4.78, 5) is 24.6. The number of likely N-dealkylation sites (tertiary alicyclic amines) is 1. The van der Waals surface area contributed by atoms with Crippen LogP contribution >= 0.6 is 0 Å². The van der Waals surface area contributed by atoms with Gasteiger partial charge in [-0.2, -0.15) is 0 Å². The van der Waals surface area contributed by atoms with Crippen LogP contribution in [0.25, 0.3) is 0 Å². The fourth-order valence-corrected chi connectivity index (χ4v) is 4.25. The lowest BCUT2D eigenvalue weighted by molar-refractivity contribution is 0.0939. The average Bonchev–Trinajstić information content (AvgIpc) is 2.84. The van der Waals surface area contributed by atoms with Crippen molar-refractivity contribution in [2.75, 3.05) is 13.7 Å². The van der Waals surface area contributed by atoms with E-state index in [1.165, 1.54) is 5.56 Å². The standard InChI is InChI=1S/C26H30N4O2/c1-19-27-17-23(26(31)28-16-20-8-4-3-5-9-20)25(29-19)24-10-6-7-15-30(24)18-21-11-13-22(32-2)14-12-21/h3-5,8-9,11-14,17,24H,6-7,10,15-16,18H2,1-2H3,(H,28,31). The molecule has 4 rings (SSSR count). The molecule has 1 fully saturated rings. The number of methoxy groups -OCH3 is 1. The summed E-state index contributed by atoms with van der Waals surface area (Å²) in [6.45, 7) is 4.15. The first-order valence-electron chi connectivity index (χ1n) is 11.2. The van der Waals surface area contributed by atoms with Gasteiger partial charge in [0.2, 0.25) is 0 Å². The number of nitrogens with zero attached hydrogens (tertiary/aromatic N) is 3. The van der Waals surface area contributed by atoms with Crippen LogP contribution in [0.4, 0.5) is 0 Å². The van der Waals surface area contributed by atoms with E-state index in [2.05, 4.69) is 27.3 Å². The number of hydrogen-bond acceptors (Lipinski definition) is 5. The molecule has 1 unspecified atom stereocenters. The number of piperidine rings is 1. The van der Waals surface area contributed by atoms with E-state index in [0.29, 0.717) is 17.9 Å².